The molecule has 0 bridgehead atoms. The molecule has 0 saturated carbocycles. The van der Waals surface area contributed by atoms with Gasteiger partial charge in [-0.2, -0.15) is 0 Å². The Bertz CT molecular complexity index is 670. The number of carbonyl (C=O) groups excluding carboxylic acids is 2. The van der Waals surface area contributed by atoms with Crippen LogP contribution in [-0.2, 0) is 4.79 Å². The van der Waals surface area contributed by atoms with Crippen LogP contribution in [0, 0.1) is 6.92 Å². The molecule has 2 aromatic carbocycles. The number of amides is 1. The Labute approximate surface area is 131 Å². The van der Waals surface area contributed by atoms with Crippen molar-refractivity contribution >= 4 is 33.8 Å². The third-order valence-electron chi connectivity index (χ3n) is 2.83. The summed E-state index contributed by atoms with van der Waals surface area (Å²) < 4.78 is 6.32. The average molecular weight is 348 g/mol. The Balaban J connectivity index is 1.94. The Kier molecular flexibility index (Phi) is 5.11. The first-order valence-corrected chi connectivity index (χ1v) is 7.12. The molecule has 0 saturated heterocycles. The lowest BCUT2D eigenvalue weighted by Crippen LogP contribution is -2.20. The SMILES string of the molecule is Cc1cc(Br)ccc1NC(=O)COc1cccc(C=O)c1. The van der Waals surface area contributed by atoms with Crippen LogP contribution < -0.4 is 10.1 Å². The van der Waals surface area contributed by atoms with E-state index in [2.05, 4.69) is 21.2 Å². The number of aryl methyl sites for hydroxylation is 1. The van der Waals surface area contributed by atoms with Crippen LogP contribution in [0.25, 0.3) is 0 Å². The summed E-state index contributed by atoms with van der Waals surface area (Å²) in [5.41, 5.74) is 2.21. The van der Waals surface area contributed by atoms with Crippen molar-refractivity contribution in [2.24, 2.45) is 0 Å². The number of aldehydes is 1. The second kappa shape index (κ2) is 7.04. The van der Waals surface area contributed by atoms with E-state index >= 15 is 0 Å². The third kappa shape index (κ3) is 4.43. The molecule has 1 N–H and O–H groups in total. The highest BCUT2D eigenvalue weighted by atomic mass is 79.9. The highest BCUT2D eigenvalue weighted by molar-refractivity contribution is 9.10. The molecule has 0 unspecified atom stereocenters. The van der Waals surface area contributed by atoms with E-state index in [0.717, 1.165) is 22.0 Å². The fourth-order valence-electron chi connectivity index (χ4n) is 1.78. The first-order chi connectivity index (χ1) is 10.1. The molecule has 0 aliphatic carbocycles. The zero-order valence-electron chi connectivity index (χ0n) is 11.4. The summed E-state index contributed by atoms with van der Waals surface area (Å²) in [5, 5.41) is 2.78. The van der Waals surface area contributed by atoms with Crippen LogP contribution in [0.5, 0.6) is 5.75 Å². The van der Waals surface area contributed by atoms with Gasteiger partial charge in [-0.05, 0) is 42.8 Å². The molecule has 4 nitrogen and oxygen atoms in total. The molecule has 1 amide bonds. The lowest BCUT2D eigenvalue weighted by molar-refractivity contribution is -0.118. The number of rotatable bonds is 5. The van der Waals surface area contributed by atoms with Crippen molar-refractivity contribution < 1.29 is 14.3 Å². The first kappa shape index (κ1) is 15.3. The van der Waals surface area contributed by atoms with E-state index in [1.807, 2.05) is 25.1 Å². The van der Waals surface area contributed by atoms with Gasteiger partial charge < -0.3 is 10.1 Å². The van der Waals surface area contributed by atoms with E-state index in [-0.39, 0.29) is 12.5 Å². The predicted molar refractivity (Wildman–Crippen MR) is 84.8 cm³/mol. The molecule has 0 fully saturated rings. The van der Waals surface area contributed by atoms with Crippen molar-refractivity contribution in [3.05, 3.63) is 58.1 Å². The summed E-state index contributed by atoms with van der Waals surface area (Å²) in [5.74, 6) is 0.235. The lowest BCUT2D eigenvalue weighted by Gasteiger charge is -2.10. The van der Waals surface area contributed by atoms with Crippen molar-refractivity contribution in [3.8, 4) is 5.75 Å². The molecule has 0 spiro atoms. The van der Waals surface area contributed by atoms with Crippen LogP contribution in [0.15, 0.2) is 46.9 Å². The predicted octanol–water partition coefficient (Wildman–Crippen LogP) is 3.59. The molecule has 0 heterocycles. The quantitative estimate of drug-likeness (QED) is 0.841. The van der Waals surface area contributed by atoms with Crippen molar-refractivity contribution in [2.75, 3.05) is 11.9 Å². The number of anilines is 1. The summed E-state index contributed by atoms with van der Waals surface area (Å²) in [7, 11) is 0. The summed E-state index contributed by atoms with van der Waals surface area (Å²) >= 11 is 3.37. The number of benzene rings is 2. The first-order valence-electron chi connectivity index (χ1n) is 6.32. The largest absolute Gasteiger partial charge is 0.484 e. The molecule has 0 atom stereocenters. The topological polar surface area (TPSA) is 55.4 Å². The van der Waals surface area contributed by atoms with Gasteiger partial charge in [-0.25, -0.2) is 0 Å². The average Bonchev–Trinajstić information content (AvgIpc) is 2.48. The fraction of sp³-hybridized carbons (Fsp3) is 0.125. The van der Waals surface area contributed by atoms with E-state index < -0.39 is 0 Å². The maximum absolute atomic E-state index is 11.9. The number of carbonyl (C=O) groups is 2. The van der Waals surface area contributed by atoms with Crippen LogP contribution in [0.4, 0.5) is 5.69 Å². The standard InChI is InChI=1S/C16H14BrNO3/c1-11-7-13(17)5-6-15(11)18-16(20)10-21-14-4-2-3-12(8-14)9-19/h2-9H,10H2,1H3,(H,18,20). The summed E-state index contributed by atoms with van der Waals surface area (Å²) in [6, 6.07) is 12.3. The lowest BCUT2D eigenvalue weighted by atomic mass is 10.2. The van der Waals surface area contributed by atoms with Crippen LogP contribution >= 0.6 is 15.9 Å². The molecular formula is C16H14BrNO3. The van der Waals surface area contributed by atoms with Crippen molar-refractivity contribution in [3.63, 3.8) is 0 Å². The van der Waals surface area contributed by atoms with E-state index in [9.17, 15) is 9.59 Å². The Morgan fingerprint density at radius 3 is 2.81 bits per heavy atom. The van der Waals surface area contributed by atoms with Gasteiger partial charge >= 0.3 is 0 Å². The van der Waals surface area contributed by atoms with Gasteiger partial charge in [0, 0.05) is 15.7 Å². The molecule has 0 radical (unpaired) electrons. The molecule has 0 aromatic heterocycles. The fourth-order valence-corrected chi connectivity index (χ4v) is 2.26. The highest BCUT2D eigenvalue weighted by Gasteiger charge is 2.06. The van der Waals surface area contributed by atoms with Crippen molar-refractivity contribution in [1.82, 2.24) is 0 Å². The van der Waals surface area contributed by atoms with Crippen molar-refractivity contribution in [2.45, 2.75) is 6.92 Å². The number of ether oxygens (including phenoxy) is 1. The van der Waals surface area contributed by atoms with E-state index in [4.69, 9.17) is 4.74 Å². The van der Waals surface area contributed by atoms with Gasteiger partial charge in [-0.3, -0.25) is 9.59 Å². The monoisotopic (exact) mass is 347 g/mol. The number of halogens is 1. The molecular weight excluding hydrogens is 334 g/mol. The van der Waals surface area contributed by atoms with Crippen LogP contribution in [0.2, 0.25) is 0 Å². The van der Waals surface area contributed by atoms with Gasteiger partial charge in [0.2, 0.25) is 0 Å². The van der Waals surface area contributed by atoms with E-state index in [0.29, 0.717) is 11.3 Å². The summed E-state index contributed by atoms with van der Waals surface area (Å²) in [4.78, 5) is 22.5. The second-order valence-electron chi connectivity index (χ2n) is 4.49. The van der Waals surface area contributed by atoms with Gasteiger partial charge in [0.05, 0.1) is 0 Å². The zero-order valence-corrected chi connectivity index (χ0v) is 13.0. The van der Waals surface area contributed by atoms with Gasteiger partial charge in [0.25, 0.3) is 5.91 Å². The molecule has 0 aliphatic rings. The second-order valence-corrected chi connectivity index (χ2v) is 5.40. The normalized spacial score (nSPS) is 10.0. The number of nitrogens with one attached hydrogen (secondary N) is 1. The smallest absolute Gasteiger partial charge is 0.262 e. The minimum atomic E-state index is -0.253. The van der Waals surface area contributed by atoms with Crippen LogP contribution in [-0.4, -0.2) is 18.8 Å². The van der Waals surface area contributed by atoms with E-state index in [1.165, 1.54) is 0 Å². The number of hydrogen-bond donors (Lipinski definition) is 1. The Morgan fingerprint density at radius 2 is 2.10 bits per heavy atom. The highest BCUT2D eigenvalue weighted by Crippen LogP contribution is 2.20. The molecule has 0 aliphatic heterocycles. The third-order valence-corrected chi connectivity index (χ3v) is 3.32. The maximum Gasteiger partial charge on any atom is 0.262 e. The van der Waals surface area contributed by atoms with Gasteiger partial charge in [0.1, 0.15) is 12.0 Å². The van der Waals surface area contributed by atoms with Gasteiger partial charge in [0.15, 0.2) is 6.61 Å². The van der Waals surface area contributed by atoms with Crippen LogP contribution in [0.3, 0.4) is 0 Å². The van der Waals surface area contributed by atoms with Crippen LogP contribution in [0.1, 0.15) is 15.9 Å². The molecule has 21 heavy (non-hydrogen) atoms. The summed E-state index contributed by atoms with van der Waals surface area (Å²) in [6.45, 7) is 1.80. The van der Waals surface area contributed by atoms with Crippen molar-refractivity contribution in [1.29, 1.82) is 0 Å². The number of hydrogen-bond acceptors (Lipinski definition) is 3. The molecule has 2 aromatic rings. The summed E-state index contributed by atoms with van der Waals surface area (Å²) in [6.07, 6.45) is 0.734. The minimum absolute atomic E-state index is 0.113. The molecule has 5 heteroatoms. The van der Waals surface area contributed by atoms with E-state index in [1.54, 1.807) is 24.3 Å². The maximum atomic E-state index is 11.9. The Hall–Kier alpha value is -2.14. The van der Waals surface area contributed by atoms with Gasteiger partial charge in [-0.15, -0.1) is 0 Å². The molecule has 2 rings (SSSR count). The molecule has 108 valence electrons. The van der Waals surface area contributed by atoms with Gasteiger partial charge in [-0.1, -0.05) is 28.1 Å². The Morgan fingerprint density at radius 1 is 1.29 bits per heavy atom. The zero-order chi connectivity index (χ0) is 15.2. The minimum Gasteiger partial charge on any atom is -0.484 e.